The van der Waals surface area contributed by atoms with Gasteiger partial charge >= 0.3 is 11.9 Å². The second-order valence-corrected chi connectivity index (χ2v) is 8.72. The van der Waals surface area contributed by atoms with Crippen molar-refractivity contribution in [2.45, 2.75) is 57.7 Å². The summed E-state index contributed by atoms with van der Waals surface area (Å²) in [4.78, 5) is 38.2. The van der Waals surface area contributed by atoms with Crippen molar-refractivity contribution in [2.24, 2.45) is 5.92 Å². The van der Waals surface area contributed by atoms with Crippen molar-refractivity contribution in [1.82, 2.24) is 10.6 Å². The molecular formula is C27H36N2O5. The number of rotatable bonds is 13. The smallest absolute Gasteiger partial charge is 0.328 e. The zero-order valence-electron chi connectivity index (χ0n) is 20.5. The molecule has 0 bridgehead atoms. The summed E-state index contributed by atoms with van der Waals surface area (Å²) in [5.74, 6) is -1.12. The highest BCUT2D eigenvalue weighted by molar-refractivity contribution is 5.88. The SMILES string of the molecule is COC(=O)C(CCc1ccccc1)N[C@@H](Cc1ccccc1)C(=O)N[C@@H](CC(C)C)C(=O)OC. The van der Waals surface area contributed by atoms with Crippen LogP contribution in [-0.2, 0) is 36.7 Å². The van der Waals surface area contributed by atoms with E-state index in [9.17, 15) is 14.4 Å². The molecule has 0 radical (unpaired) electrons. The van der Waals surface area contributed by atoms with Gasteiger partial charge in [-0.05, 0) is 42.7 Å². The van der Waals surface area contributed by atoms with Crippen molar-refractivity contribution < 1.29 is 23.9 Å². The van der Waals surface area contributed by atoms with Gasteiger partial charge in [0.15, 0.2) is 0 Å². The third-order valence-electron chi connectivity index (χ3n) is 5.56. The number of ether oxygens (including phenoxy) is 2. The minimum absolute atomic E-state index is 0.179. The summed E-state index contributed by atoms with van der Waals surface area (Å²) in [5, 5.41) is 6.03. The predicted octanol–water partition coefficient (Wildman–Crippen LogP) is 3.07. The minimum atomic E-state index is -0.765. The molecule has 7 heteroatoms. The van der Waals surface area contributed by atoms with E-state index in [1.807, 2.05) is 74.5 Å². The fourth-order valence-corrected chi connectivity index (χ4v) is 3.79. The van der Waals surface area contributed by atoms with Crippen molar-refractivity contribution in [1.29, 1.82) is 0 Å². The van der Waals surface area contributed by atoms with Crippen molar-refractivity contribution in [3.63, 3.8) is 0 Å². The summed E-state index contributed by atoms with van der Waals surface area (Å²) in [6, 6.07) is 17.2. The van der Waals surface area contributed by atoms with Crippen LogP contribution in [0.15, 0.2) is 60.7 Å². The van der Waals surface area contributed by atoms with E-state index >= 15 is 0 Å². The first-order chi connectivity index (χ1) is 16.3. The third kappa shape index (κ3) is 8.98. The Hall–Kier alpha value is -3.19. The number of amides is 1. The molecular weight excluding hydrogens is 432 g/mol. The van der Waals surface area contributed by atoms with Crippen molar-refractivity contribution in [3.05, 3.63) is 71.8 Å². The minimum Gasteiger partial charge on any atom is -0.468 e. The lowest BCUT2D eigenvalue weighted by Gasteiger charge is -2.26. The molecule has 0 heterocycles. The summed E-state index contributed by atoms with van der Waals surface area (Å²) in [6.07, 6.45) is 1.90. The summed E-state index contributed by atoms with van der Waals surface area (Å²) >= 11 is 0. The molecule has 0 aliphatic rings. The first-order valence-corrected chi connectivity index (χ1v) is 11.6. The Balaban J connectivity index is 2.22. The largest absolute Gasteiger partial charge is 0.468 e. The molecule has 0 aliphatic heterocycles. The second kappa shape index (κ2) is 14.2. The van der Waals surface area contributed by atoms with Crippen molar-refractivity contribution >= 4 is 17.8 Å². The van der Waals surface area contributed by atoms with Gasteiger partial charge < -0.3 is 14.8 Å². The van der Waals surface area contributed by atoms with Crippen molar-refractivity contribution in [3.8, 4) is 0 Å². The number of carbonyl (C=O) groups is 3. The van der Waals surface area contributed by atoms with Crippen LogP contribution >= 0.6 is 0 Å². The van der Waals surface area contributed by atoms with Gasteiger partial charge in [-0.15, -0.1) is 0 Å². The molecule has 34 heavy (non-hydrogen) atoms. The molecule has 184 valence electrons. The maximum atomic E-state index is 13.3. The third-order valence-corrected chi connectivity index (χ3v) is 5.56. The van der Waals surface area contributed by atoms with Gasteiger partial charge in [-0.2, -0.15) is 0 Å². The average molecular weight is 469 g/mol. The van der Waals surface area contributed by atoms with E-state index in [2.05, 4.69) is 10.6 Å². The highest BCUT2D eigenvalue weighted by Gasteiger charge is 2.30. The van der Waals surface area contributed by atoms with E-state index in [4.69, 9.17) is 9.47 Å². The van der Waals surface area contributed by atoms with Gasteiger partial charge in [0.05, 0.1) is 20.3 Å². The van der Waals surface area contributed by atoms with Gasteiger partial charge in [0.1, 0.15) is 12.1 Å². The fraction of sp³-hybridized carbons (Fsp3) is 0.444. The van der Waals surface area contributed by atoms with Crippen molar-refractivity contribution in [2.75, 3.05) is 14.2 Å². The van der Waals surface area contributed by atoms with Crippen LogP contribution < -0.4 is 10.6 Å². The summed E-state index contributed by atoms with van der Waals surface area (Å²) < 4.78 is 9.90. The molecule has 2 aromatic carbocycles. The van der Waals surface area contributed by atoms with Gasteiger partial charge in [-0.25, -0.2) is 4.79 Å². The zero-order chi connectivity index (χ0) is 24.9. The molecule has 0 aliphatic carbocycles. The van der Waals surface area contributed by atoms with Gasteiger partial charge in [0, 0.05) is 0 Å². The van der Waals surface area contributed by atoms with Crippen LogP contribution in [0.1, 0.15) is 37.8 Å². The van der Waals surface area contributed by atoms with Crippen LogP contribution in [0.3, 0.4) is 0 Å². The van der Waals surface area contributed by atoms with Crippen LogP contribution in [0.4, 0.5) is 0 Å². The second-order valence-electron chi connectivity index (χ2n) is 8.72. The van der Waals surface area contributed by atoms with Crippen LogP contribution in [-0.4, -0.2) is 50.2 Å². The van der Waals surface area contributed by atoms with Crippen LogP contribution in [0.5, 0.6) is 0 Å². The Labute approximate surface area is 202 Å². The van der Waals surface area contributed by atoms with E-state index in [0.717, 1.165) is 11.1 Å². The number of nitrogens with one attached hydrogen (secondary N) is 2. The first kappa shape index (κ1) is 27.1. The Morgan fingerprint density at radius 3 is 1.82 bits per heavy atom. The number of benzene rings is 2. The molecule has 1 amide bonds. The molecule has 0 saturated heterocycles. The quantitative estimate of drug-likeness (QED) is 0.439. The summed E-state index contributed by atoms with van der Waals surface area (Å²) in [7, 11) is 2.64. The number of methoxy groups -OCH3 is 2. The van der Waals surface area contributed by atoms with E-state index in [1.54, 1.807) is 0 Å². The Morgan fingerprint density at radius 1 is 0.765 bits per heavy atom. The van der Waals surface area contributed by atoms with Gasteiger partial charge in [0.2, 0.25) is 5.91 Å². The molecule has 2 N–H and O–H groups in total. The average Bonchev–Trinajstić information content (AvgIpc) is 2.85. The fourth-order valence-electron chi connectivity index (χ4n) is 3.79. The molecule has 3 atom stereocenters. The summed E-state index contributed by atoms with van der Waals surface area (Å²) in [5.41, 5.74) is 2.02. The van der Waals surface area contributed by atoms with E-state index in [1.165, 1.54) is 14.2 Å². The predicted molar refractivity (Wildman–Crippen MR) is 131 cm³/mol. The molecule has 0 aromatic heterocycles. The number of carbonyl (C=O) groups excluding carboxylic acids is 3. The Kier molecular flexibility index (Phi) is 11.3. The van der Waals surface area contributed by atoms with Gasteiger partial charge in [-0.3, -0.25) is 14.9 Å². The zero-order valence-corrected chi connectivity index (χ0v) is 20.5. The van der Waals surface area contributed by atoms with Gasteiger partial charge in [-0.1, -0.05) is 74.5 Å². The van der Waals surface area contributed by atoms with Crippen LogP contribution in [0.2, 0.25) is 0 Å². The van der Waals surface area contributed by atoms with Gasteiger partial charge in [0.25, 0.3) is 0 Å². The monoisotopic (exact) mass is 468 g/mol. The molecule has 0 saturated carbocycles. The molecule has 2 rings (SSSR count). The highest BCUT2D eigenvalue weighted by Crippen LogP contribution is 2.12. The van der Waals surface area contributed by atoms with Crippen LogP contribution in [0, 0.1) is 5.92 Å². The molecule has 1 unspecified atom stereocenters. The Bertz CT molecular complexity index is 902. The highest BCUT2D eigenvalue weighted by atomic mass is 16.5. The first-order valence-electron chi connectivity index (χ1n) is 11.6. The lowest BCUT2D eigenvalue weighted by atomic mass is 9.99. The van der Waals surface area contributed by atoms with E-state index in [-0.39, 0.29) is 11.8 Å². The molecule has 0 fully saturated rings. The molecule has 0 spiro atoms. The maximum absolute atomic E-state index is 13.3. The normalized spacial score (nSPS) is 13.6. The van der Waals surface area contributed by atoms with E-state index < -0.39 is 30.1 Å². The lowest BCUT2D eigenvalue weighted by Crippen LogP contribution is -2.55. The lowest BCUT2D eigenvalue weighted by molar-refractivity contribution is -0.146. The maximum Gasteiger partial charge on any atom is 0.328 e. The Morgan fingerprint density at radius 2 is 1.29 bits per heavy atom. The van der Waals surface area contributed by atoms with Crippen LogP contribution in [0.25, 0.3) is 0 Å². The standard InChI is InChI=1S/C27H36N2O5/c1-19(2)17-24(27(32)34-4)29-25(30)23(18-21-13-9-6-10-14-21)28-22(26(31)33-3)16-15-20-11-7-5-8-12-20/h5-14,19,22-24,28H,15-18H2,1-4H3,(H,29,30)/t22?,23-,24-/m0/s1. The van der Waals surface area contributed by atoms with E-state index in [0.29, 0.717) is 25.7 Å². The molecule has 7 nitrogen and oxygen atoms in total. The number of aryl methyl sites for hydroxylation is 1. The number of esters is 2. The summed E-state index contributed by atoms with van der Waals surface area (Å²) in [6.45, 7) is 3.94. The molecule has 2 aromatic rings. The number of hydrogen-bond acceptors (Lipinski definition) is 6. The topological polar surface area (TPSA) is 93.7 Å². The number of hydrogen-bond donors (Lipinski definition) is 2.